The minimum absolute atomic E-state index is 0.000519. The number of hydrogen-bond donors (Lipinski definition) is 2. The first-order valence-corrected chi connectivity index (χ1v) is 8.33. The van der Waals surface area contributed by atoms with Gasteiger partial charge in [-0.1, -0.05) is 13.8 Å². The third-order valence-electron chi connectivity index (χ3n) is 2.62. The molecule has 0 fully saturated rings. The maximum absolute atomic E-state index is 12.0. The number of rotatable bonds is 7. The summed E-state index contributed by atoms with van der Waals surface area (Å²) in [5, 5.41) is 9.08. The lowest BCUT2D eigenvalue weighted by Gasteiger charge is -2.15. The summed E-state index contributed by atoms with van der Waals surface area (Å²) >= 11 is 3.14. The number of carboxylic acid groups (broad SMARTS) is 1. The number of carboxylic acids is 1. The molecule has 1 rings (SSSR count). The van der Waals surface area contributed by atoms with Crippen molar-refractivity contribution in [2.45, 2.75) is 25.2 Å². The molecule has 0 amide bonds. The maximum Gasteiger partial charge on any atom is 0.307 e. The molecule has 0 bridgehead atoms. The van der Waals surface area contributed by atoms with Crippen LogP contribution in [0, 0.1) is 11.8 Å². The maximum atomic E-state index is 12.0. The predicted octanol–water partition coefficient (Wildman–Crippen LogP) is 1.87. The van der Waals surface area contributed by atoms with Crippen LogP contribution in [-0.2, 0) is 14.8 Å². The molecule has 0 aliphatic heterocycles. The Kier molecular flexibility index (Phi) is 6.09. The summed E-state index contributed by atoms with van der Waals surface area (Å²) < 4.78 is 26.9. The third kappa shape index (κ3) is 5.18. The lowest BCUT2D eigenvalue weighted by molar-refractivity contribution is -0.142. The van der Waals surface area contributed by atoms with Gasteiger partial charge in [-0.05, 0) is 34.3 Å². The Bertz CT molecular complexity index is 575. The topological polar surface area (TPSA) is 96.4 Å². The Morgan fingerprint density at radius 1 is 1.45 bits per heavy atom. The van der Waals surface area contributed by atoms with Crippen LogP contribution < -0.4 is 4.72 Å². The van der Waals surface area contributed by atoms with E-state index in [0.29, 0.717) is 10.9 Å². The van der Waals surface area contributed by atoms with E-state index in [-0.39, 0.29) is 17.4 Å². The highest BCUT2D eigenvalue weighted by Gasteiger charge is 2.22. The van der Waals surface area contributed by atoms with Crippen molar-refractivity contribution < 1.29 is 18.3 Å². The van der Waals surface area contributed by atoms with Gasteiger partial charge >= 0.3 is 5.97 Å². The van der Waals surface area contributed by atoms with E-state index in [9.17, 15) is 13.2 Å². The summed E-state index contributed by atoms with van der Waals surface area (Å²) in [6.45, 7) is 3.65. The van der Waals surface area contributed by atoms with E-state index in [1.165, 1.54) is 18.5 Å². The van der Waals surface area contributed by atoms with Crippen LogP contribution in [0.5, 0.6) is 0 Å². The zero-order valence-electron chi connectivity index (χ0n) is 11.2. The zero-order valence-corrected chi connectivity index (χ0v) is 13.6. The van der Waals surface area contributed by atoms with Gasteiger partial charge in [-0.25, -0.2) is 13.1 Å². The van der Waals surface area contributed by atoms with Gasteiger partial charge in [0.25, 0.3) is 0 Å². The molecular weight excluding hydrogens is 348 g/mol. The van der Waals surface area contributed by atoms with Gasteiger partial charge in [-0.2, -0.15) is 0 Å². The normalized spacial score (nSPS) is 13.4. The minimum Gasteiger partial charge on any atom is -0.481 e. The van der Waals surface area contributed by atoms with Gasteiger partial charge in [0.1, 0.15) is 4.90 Å². The lowest BCUT2D eigenvalue weighted by Crippen LogP contribution is -2.33. The van der Waals surface area contributed by atoms with Gasteiger partial charge in [-0.15, -0.1) is 0 Å². The summed E-state index contributed by atoms with van der Waals surface area (Å²) in [6, 6.07) is 1.41. The fourth-order valence-corrected chi connectivity index (χ4v) is 3.26. The minimum atomic E-state index is -3.75. The second-order valence-corrected chi connectivity index (χ2v) is 7.54. The van der Waals surface area contributed by atoms with Gasteiger partial charge < -0.3 is 5.11 Å². The molecule has 0 aromatic carbocycles. The Labute approximate surface area is 126 Å². The van der Waals surface area contributed by atoms with Crippen molar-refractivity contribution in [1.82, 2.24) is 9.71 Å². The second-order valence-electron chi connectivity index (χ2n) is 4.86. The van der Waals surface area contributed by atoms with Gasteiger partial charge in [0.15, 0.2) is 0 Å². The van der Waals surface area contributed by atoms with E-state index in [4.69, 9.17) is 5.11 Å². The summed E-state index contributed by atoms with van der Waals surface area (Å²) in [5.41, 5.74) is 0. The first-order chi connectivity index (χ1) is 9.22. The molecule has 1 aromatic rings. The van der Waals surface area contributed by atoms with Crippen molar-refractivity contribution in [3.8, 4) is 0 Å². The summed E-state index contributed by atoms with van der Waals surface area (Å²) in [4.78, 5) is 14.9. The van der Waals surface area contributed by atoms with Gasteiger partial charge in [-0.3, -0.25) is 9.78 Å². The highest BCUT2D eigenvalue weighted by atomic mass is 79.9. The second kappa shape index (κ2) is 7.14. The largest absolute Gasteiger partial charge is 0.481 e. The standard InChI is InChI=1S/C12H17BrN2O4S/c1-8(2)3-9(12(16)17)5-15-20(18,19)11-4-10(13)6-14-7-11/h4,6-9,15H,3,5H2,1-2H3,(H,16,17). The SMILES string of the molecule is CC(C)CC(CNS(=O)(=O)c1cncc(Br)c1)C(=O)O. The highest BCUT2D eigenvalue weighted by molar-refractivity contribution is 9.10. The summed E-state index contributed by atoms with van der Waals surface area (Å²) in [6.07, 6.45) is 3.09. The Balaban J connectivity index is 2.78. The summed E-state index contributed by atoms with van der Waals surface area (Å²) in [5.74, 6) is -1.58. The molecule has 0 saturated heterocycles. The van der Waals surface area contributed by atoms with Crippen molar-refractivity contribution in [3.63, 3.8) is 0 Å². The molecule has 1 aromatic heterocycles. The molecule has 20 heavy (non-hydrogen) atoms. The van der Waals surface area contributed by atoms with Crippen LogP contribution in [0.3, 0.4) is 0 Å². The zero-order chi connectivity index (χ0) is 15.3. The number of halogens is 1. The van der Waals surface area contributed by atoms with Gasteiger partial charge in [0.05, 0.1) is 5.92 Å². The molecule has 8 heteroatoms. The number of nitrogens with zero attached hydrogens (tertiary/aromatic N) is 1. The van der Waals surface area contributed by atoms with Crippen molar-refractivity contribution >= 4 is 31.9 Å². The monoisotopic (exact) mass is 364 g/mol. The number of aromatic nitrogens is 1. The van der Waals surface area contributed by atoms with Gasteiger partial charge in [0, 0.05) is 23.4 Å². The molecule has 0 aliphatic rings. The average molecular weight is 365 g/mol. The quantitative estimate of drug-likeness (QED) is 0.769. The fraction of sp³-hybridized carbons (Fsp3) is 0.500. The lowest BCUT2D eigenvalue weighted by atomic mass is 9.98. The smallest absolute Gasteiger partial charge is 0.307 e. The number of pyridine rings is 1. The van der Waals surface area contributed by atoms with Crippen molar-refractivity contribution in [2.75, 3.05) is 6.54 Å². The van der Waals surface area contributed by atoms with Crippen LogP contribution in [0.2, 0.25) is 0 Å². The Hall–Kier alpha value is -0.990. The highest BCUT2D eigenvalue weighted by Crippen LogP contribution is 2.16. The Morgan fingerprint density at radius 2 is 2.10 bits per heavy atom. The first-order valence-electron chi connectivity index (χ1n) is 6.05. The molecule has 6 nitrogen and oxygen atoms in total. The molecule has 0 radical (unpaired) electrons. The average Bonchev–Trinajstić information content (AvgIpc) is 2.33. The van der Waals surface area contributed by atoms with Crippen LogP contribution in [0.15, 0.2) is 27.8 Å². The molecule has 1 unspecified atom stereocenters. The predicted molar refractivity (Wildman–Crippen MR) is 77.7 cm³/mol. The molecule has 1 atom stereocenters. The molecule has 2 N–H and O–H groups in total. The number of sulfonamides is 1. The summed E-state index contributed by atoms with van der Waals surface area (Å²) in [7, 11) is -3.75. The molecule has 112 valence electrons. The van der Waals surface area contributed by atoms with E-state index < -0.39 is 21.9 Å². The van der Waals surface area contributed by atoms with E-state index in [2.05, 4.69) is 25.6 Å². The van der Waals surface area contributed by atoms with Crippen LogP contribution in [-0.4, -0.2) is 31.0 Å². The van der Waals surface area contributed by atoms with E-state index >= 15 is 0 Å². The van der Waals surface area contributed by atoms with Crippen molar-refractivity contribution in [1.29, 1.82) is 0 Å². The van der Waals surface area contributed by atoms with Crippen LogP contribution in [0.25, 0.3) is 0 Å². The molecule has 0 saturated carbocycles. The molecular formula is C12H17BrN2O4S. The van der Waals surface area contributed by atoms with Crippen LogP contribution in [0.4, 0.5) is 0 Å². The van der Waals surface area contributed by atoms with Crippen molar-refractivity contribution in [3.05, 3.63) is 22.9 Å². The number of aliphatic carboxylic acids is 1. The number of carbonyl (C=O) groups is 1. The third-order valence-corrected chi connectivity index (χ3v) is 4.44. The number of hydrogen-bond acceptors (Lipinski definition) is 4. The van der Waals surface area contributed by atoms with E-state index in [0.717, 1.165) is 0 Å². The van der Waals surface area contributed by atoms with Crippen molar-refractivity contribution in [2.24, 2.45) is 11.8 Å². The molecule has 1 heterocycles. The first kappa shape index (κ1) is 17.1. The van der Waals surface area contributed by atoms with Crippen LogP contribution >= 0.6 is 15.9 Å². The molecule has 0 spiro atoms. The van der Waals surface area contributed by atoms with E-state index in [1.54, 1.807) is 0 Å². The van der Waals surface area contributed by atoms with Gasteiger partial charge in [0.2, 0.25) is 10.0 Å². The molecule has 0 aliphatic carbocycles. The van der Waals surface area contributed by atoms with E-state index in [1.807, 2.05) is 13.8 Å². The van der Waals surface area contributed by atoms with Crippen LogP contribution in [0.1, 0.15) is 20.3 Å². The fourth-order valence-electron chi connectivity index (χ4n) is 1.67. The Morgan fingerprint density at radius 3 is 2.60 bits per heavy atom. The number of nitrogens with one attached hydrogen (secondary N) is 1.